The van der Waals surface area contributed by atoms with Crippen LogP contribution in [0.4, 0.5) is 0 Å². The van der Waals surface area contributed by atoms with Gasteiger partial charge in [-0.25, -0.2) is 4.79 Å². The standard InChI is InChI=1S/C42H46O10/c1-42(2)51-36-34(49-40(43)38(36)52-42)28-48-41-39(47-26-32-21-13-6-14-22-32)37(46-25-31-19-11-5-12-20-31)35(45-24-30-17-9-4-10-18-30)33(50-41)27-44-23-29-15-7-3-8-16-29/h3-22,33-39,41H,23-28H2,1-2H3/t33-,34-,35-,36-,37+,38-,39+,41+/m1/s1. The molecular weight excluding hydrogens is 664 g/mol. The van der Waals surface area contributed by atoms with Gasteiger partial charge in [-0.3, -0.25) is 0 Å². The number of cyclic esters (lactones) is 1. The van der Waals surface area contributed by atoms with Gasteiger partial charge in [-0.2, -0.15) is 0 Å². The van der Waals surface area contributed by atoms with Crippen LogP contribution in [0.2, 0.25) is 0 Å². The highest BCUT2D eigenvalue weighted by Crippen LogP contribution is 2.37. The molecule has 8 atom stereocenters. The molecule has 3 aliphatic rings. The highest BCUT2D eigenvalue weighted by atomic mass is 16.8. The Balaban J connectivity index is 1.17. The summed E-state index contributed by atoms with van der Waals surface area (Å²) in [6, 6.07) is 39.8. The summed E-state index contributed by atoms with van der Waals surface area (Å²) in [5, 5.41) is 0. The summed E-state index contributed by atoms with van der Waals surface area (Å²) in [4.78, 5) is 12.7. The molecule has 0 unspecified atom stereocenters. The van der Waals surface area contributed by atoms with Crippen molar-refractivity contribution in [3.05, 3.63) is 144 Å². The highest BCUT2D eigenvalue weighted by Gasteiger charge is 2.57. The maximum Gasteiger partial charge on any atom is 0.338 e. The van der Waals surface area contributed by atoms with Gasteiger partial charge in [-0.1, -0.05) is 121 Å². The molecule has 3 aliphatic heterocycles. The van der Waals surface area contributed by atoms with Crippen molar-refractivity contribution >= 4 is 5.97 Å². The Morgan fingerprint density at radius 1 is 0.538 bits per heavy atom. The van der Waals surface area contributed by atoms with Gasteiger partial charge in [0.15, 0.2) is 24.3 Å². The van der Waals surface area contributed by atoms with Crippen molar-refractivity contribution in [2.75, 3.05) is 13.2 Å². The zero-order valence-electron chi connectivity index (χ0n) is 29.5. The Kier molecular flexibility index (Phi) is 12.1. The van der Waals surface area contributed by atoms with Crippen LogP contribution < -0.4 is 0 Å². The summed E-state index contributed by atoms with van der Waals surface area (Å²) < 4.78 is 57.3. The van der Waals surface area contributed by atoms with E-state index in [4.69, 9.17) is 42.6 Å². The first-order valence-electron chi connectivity index (χ1n) is 17.8. The van der Waals surface area contributed by atoms with E-state index >= 15 is 0 Å². The minimum absolute atomic E-state index is 0.0131. The molecule has 4 aromatic rings. The molecule has 0 aromatic heterocycles. The fourth-order valence-electron chi connectivity index (χ4n) is 6.73. The van der Waals surface area contributed by atoms with Crippen molar-refractivity contribution in [2.45, 2.75) is 95.1 Å². The third-order valence-electron chi connectivity index (χ3n) is 9.26. The number of carbonyl (C=O) groups is 1. The topological polar surface area (TPSA) is 100 Å². The van der Waals surface area contributed by atoms with E-state index in [0.29, 0.717) is 19.8 Å². The predicted molar refractivity (Wildman–Crippen MR) is 189 cm³/mol. The largest absolute Gasteiger partial charge is 0.455 e. The normalized spacial score (nSPS) is 28.0. The van der Waals surface area contributed by atoms with Gasteiger partial charge >= 0.3 is 5.97 Å². The van der Waals surface area contributed by atoms with Crippen molar-refractivity contribution in [3.8, 4) is 0 Å². The second-order valence-electron chi connectivity index (χ2n) is 13.7. The van der Waals surface area contributed by atoms with Crippen molar-refractivity contribution in [1.29, 1.82) is 0 Å². The van der Waals surface area contributed by atoms with E-state index < -0.39 is 60.8 Å². The maximum absolute atomic E-state index is 12.7. The Bertz CT molecular complexity index is 1670. The first-order valence-corrected chi connectivity index (χ1v) is 17.8. The van der Waals surface area contributed by atoms with Gasteiger partial charge in [-0.15, -0.1) is 0 Å². The van der Waals surface area contributed by atoms with Gasteiger partial charge in [-0.05, 0) is 36.1 Å². The molecule has 10 nitrogen and oxygen atoms in total. The molecule has 0 spiro atoms. The molecule has 0 saturated carbocycles. The SMILES string of the molecule is CC1(C)O[C@@H]2[C@@H](CO[C@H]3O[C@H](COCc4ccccc4)[C@@H](OCc4ccccc4)[C@H](OCc4ccccc4)[C@@H]3OCc3ccccc3)OC(=O)[C@@H]2O1. The van der Waals surface area contributed by atoms with Gasteiger partial charge in [0.05, 0.1) is 39.6 Å². The number of ether oxygens (including phenoxy) is 9. The lowest BCUT2D eigenvalue weighted by Crippen LogP contribution is -2.62. The van der Waals surface area contributed by atoms with Gasteiger partial charge < -0.3 is 42.6 Å². The maximum atomic E-state index is 12.7. The smallest absolute Gasteiger partial charge is 0.338 e. The Labute approximate surface area is 304 Å². The number of carbonyl (C=O) groups excluding carboxylic acids is 1. The van der Waals surface area contributed by atoms with Crippen LogP contribution in [-0.2, 0) is 73.9 Å². The van der Waals surface area contributed by atoms with Gasteiger partial charge in [0.1, 0.15) is 30.5 Å². The number of benzene rings is 4. The van der Waals surface area contributed by atoms with E-state index in [-0.39, 0.29) is 19.8 Å². The van der Waals surface area contributed by atoms with Crippen LogP contribution >= 0.6 is 0 Å². The molecule has 0 N–H and O–H groups in total. The molecule has 4 aromatic carbocycles. The molecule has 274 valence electrons. The van der Waals surface area contributed by atoms with Gasteiger partial charge in [0.2, 0.25) is 0 Å². The lowest BCUT2D eigenvalue weighted by atomic mass is 9.97. The van der Waals surface area contributed by atoms with Crippen molar-refractivity contribution < 1.29 is 47.4 Å². The van der Waals surface area contributed by atoms with Crippen molar-refractivity contribution in [3.63, 3.8) is 0 Å². The molecule has 52 heavy (non-hydrogen) atoms. The molecule has 3 saturated heterocycles. The molecule has 0 aliphatic carbocycles. The monoisotopic (exact) mass is 710 g/mol. The first kappa shape index (κ1) is 36.4. The lowest BCUT2D eigenvalue weighted by molar-refractivity contribution is -0.331. The van der Waals surface area contributed by atoms with E-state index in [9.17, 15) is 4.79 Å². The molecule has 3 heterocycles. The third-order valence-corrected chi connectivity index (χ3v) is 9.26. The average molecular weight is 711 g/mol. The van der Waals surface area contributed by atoms with Crippen LogP contribution in [0.25, 0.3) is 0 Å². The molecule has 0 radical (unpaired) electrons. The second-order valence-corrected chi connectivity index (χ2v) is 13.7. The van der Waals surface area contributed by atoms with Crippen LogP contribution in [0, 0.1) is 0 Å². The summed E-state index contributed by atoms with van der Waals surface area (Å²) in [5.41, 5.74) is 4.02. The summed E-state index contributed by atoms with van der Waals surface area (Å²) in [5.74, 6) is -1.40. The zero-order valence-corrected chi connectivity index (χ0v) is 29.5. The Morgan fingerprint density at radius 2 is 1.02 bits per heavy atom. The second kappa shape index (κ2) is 17.2. The van der Waals surface area contributed by atoms with Crippen LogP contribution in [-0.4, -0.2) is 74.0 Å². The van der Waals surface area contributed by atoms with Crippen LogP contribution in [0.1, 0.15) is 36.1 Å². The molecular formula is C42H46O10. The molecule has 10 heteroatoms. The zero-order chi connectivity index (χ0) is 35.8. The van der Waals surface area contributed by atoms with Crippen LogP contribution in [0.15, 0.2) is 121 Å². The van der Waals surface area contributed by atoms with E-state index in [1.165, 1.54) is 0 Å². The van der Waals surface area contributed by atoms with Gasteiger partial charge in [0.25, 0.3) is 0 Å². The van der Waals surface area contributed by atoms with E-state index in [1.54, 1.807) is 13.8 Å². The Morgan fingerprint density at radius 3 is 1.56 bits per heavy atom. The van der Waals surface area contributed by atoms with E-state index in [1.807, 2.05) is 121 Å². The predicted octanol–water partition coefficient (Wildman–Crippen LogP) is 6.15. The fourth-order valence-corrected chi connectivity index (χ4v) is 6.73. The van der Waals surface area contributed by atoms with Crippen molar-refractivity contribution in [1.82, 2.24) is 0 Å². The number of hydrogen-bond acceptors (Lipinski definition) is 10. The number of fused-ring (bicyclic) bond motifs is 1. The summed E-state index contributed by atoms with van der Waals surface area (Å²) >= 11 is 0. The quantitative estimate of drug-likeness (QED) is 0.126. The molecule has 0 amide bonds. The van der Waals surface area contributed by atoms with E-state index in [2.05, 4.69) is 0 Å². The van der Waals surface area contributed by atoms with Crippen LogP contribution in [0.5, 0.6) is 0 Å². The number of rotatable bonds is 16. The first-order chi connectivity index (χ1) is 25.4. The Hall–Kier alpha value is -3.97. The number of esters is 1. The minimum atomic E-state index is -0.945. The average Bonchev–Trinajstić information content (AvgIpc) is 3.65. The van der Waals surface area contributed by atoms with Crippen molar-refractivity contribution in [2.24, 2.45) is 0 Å². The summed E-state index contributed by atoms with van der Waals surface area (Å²) in [7, 11) is 0. The van der Waals surface area contributed by atoms with E-state index in [0.717, 1.165) is 22.3 Å². The lowest BCUT2D eigenvalue weighted by Gasteiger charge is -2.46. The highest BCUT2D eigenvalue weighted by molar-refractivity contribution is 5.78. The summed E-state index contributed by atoms with van der Waals surface area (Å²) in [6.07, 6.45) is -5.72. The number of hydrogen-bond donors (Lipinski definition) is 0. The molecule has 7 rings (SSSR count). The minimum Gasteiger partial charge on any atom is -0.455 e. The fraction of sp³-hybridized carbons (Fsp3) is 0.405. The third kappa shape index (κ3) is 9.33. The van der Waals surface area contributed by atoms with Crippen LogP contribution in [0.3, 0.4) is 0 Å². The molecule has 0 bridgehead atoms. The van der Waals surface area contributed by atoms with Gasteiger partial charge in [0, 0.05) is 0 Å². The molecule has 3 fully saturated rings. The summed E-state index contributed by atoms with van der Waals surface area (Å²) in [6.45, 7) is 5.01.